The average molecular weight is 273 g/mol. The Morgan fingerprint density at radius 1 is 1.05 bits per heavy atom. The van der Waals surface area contributed by atoms with Gasteiger partial charge in [0.05, 0.1) is 5.56 Å². The molecule has 0 saturated heterocycles. The first-order valence-corrected chi connectivity index (χ1v) is 6.31. The Labute approximate surface area is 110 Å². The number of halogens is 3. The van der Waals surface area contributed by atoms with Crippen molar-refractivity contribution in [1.82, 2.24) is 0 Å². The van der Waals surface area contributed by atoms with Crippen LogP contribution in [0, 0.1) is 0 Å². The van der Waals surface area contributed by atoms with Gasteiger partial charge in [0.15, 0.2) is 0 Å². The molecular formula is C14H18F3NO. The molecular weight excluding hydrogens is 255 g/mol. The maximum Gasteiger partial charge on any atom is 0.416 e. The van der Waals surface area contributed by atoms with Crippen molar-refractivity contribution in [3.8, 4) is 0 Å². The minimum absolute atomic E-state index is 0.239. The largest absolute Gasteiger partial charge is 0.416 e. The molecule has 2 nitrogen and oxygen atoms in total. The predicted octanol–water partition coefficient (Wildman–Crippen LogP) is 3.80. The van der Waals surface area contributed by atoms with Crippen molar-refractivity contribution in [2.45, 2.75) is 44.3 Å². The lowest BCUT2D eigenvalue weighted by Crippen LogP contribution is -2.22. The topological polar surface area (TPSA) is 43.1 Å². The van der Waals surface area contributed by atoms with E-state index in [-0.39, 0.29) is 5.56 Å². The first kappa shape index (κ1) is 15.7. The van der Waals surface area contributed by atoms with Gasteiger partial charge in [-0.15, -0.1) is 0 Å². The zero-order valence-corrected chi connectivity index (χ0v) is 10.6. The number of carbonyl (C=O) groups excluding carboxylic acids is 1. The highest BCUT2D eigenvalue weighted by Gasteiger charge is 2.29. The highest BCUT2D eigenvalue weighted by Crippen LogP contribution is 2.28. The van der Waals surface area contributed by atoms with Crippen LogP contribution in [0.1, 0.15) is 48.0 Å². The van der Waals surface area contributed by atoms with E-state index in [0.717, 1.165) is 24.3 Å². The van der Waals surface area contributed by atoms with E-state index in [2.05, 4.69) is 0 Å². The Morgan fingerprint density at radius 3 is 1.89 bits per heavy atom. The number of nitrogens with two attached hydrogens (primary N) is 1. The molecule has 0 heterocycles. The maximum atomic E-state index is 11.9. The monoisotopic (exact) mass is 273 g/mol. The van der Waals surface area contributed by atoms with Gasteiger partial charge in [-0.3, -0.25) is 4.79 Å². The van der Waals surface area contributed by atoms with Crippen LogP contribution in [0.5, 0.6) is 0 Å². The molecule has 1 aromatic carbocycles. The van der Waals surface area contributed by atoms with Crippen LogP contribution < -0.4 is 5.73 Å². The molecule has 5 heteroatoms. The van der Waals surface area contributed by atoms with Gasteiger partial charge in [-0.25, -0.2) is 0 Å². The quantitative estimate of drug-likeness (QED) is 0.791. The Kier molecular flexibility index (Phi) is 6.02. The van der Waals surface area contributed by atoms with Gasteiger partial charge in [-0.2, -0.15) is 13.2 Å². The minimum Gasteiger partial charge on any atom is -0.328 e. The Hall–Kier alpha value is -1.36. The molecule has 19 heavy (non-hydrogen) atoms. The van der Waals surface area contributed by atoms with Crippen molar-refractivity contribution < 1.29 is 18.0 Å². The molecule has 1 aliphatic carbocycles. The fraction of sp³-hybridized carbons (Fsp3) is 0.500. The number of rotatable bonds is 1. The number of hydrogen-bond donors (Lipinski definition) is 1. The van der Waals surface area contributed by atoms with Gasteiger partial charge in [0, 0.05) is 11.6 Å². The third-order valence-electron chi connectivity index (χ3n) is 3.02. The van der Waals surface area contributed by atoms with Gasteiger partial charge < -0.3 is 5.73 Å². The van der Waals surface area contributed by atoms with Gasteiger partial charge in [0.1, 0.15) is 6.29 Å². The lowest BCUT2D eigenvalue weighted by atomic mass is 9.97. The average Bonchev–Trinajstić information content (AvgIpc) is 2.39. The summed E-state index contributed by atoms with van der Waals surface area (Å²) in [5, 5.41) is 0. The van der Waals surface area contributed by atoms with Crippen LogP contribution in [0.2, 0.25) is 0 Å². The Morgan fingerprint density at radius 2 is 1.58 bits per heavy atom. The summed E-state index contributed by atoms with van der Waals surface area (Å²) in [6.07, 6.45) is 2.83. The van der Waals surface area contributed by atoms with E-state index in [4.69, 9.17) is 5.73 Å². The minimum atomic E-state index is -4.33. The third kappa shape index (κ3) is 5.87. The van der Waals surface area contributed by atoms with Crippen molar-refractivity contribution in [2.24, 2.45) is 5.73 Å². The first-order valence-electron chi connectivity index (χ1n) is 6.31. The van der Waals surface area contributed by atoms with Gasteiger partial charge in [-0.1, -0.05) is 31.4 Å². The van der Waals surface area contributed by atoms with E-state index < -0.39 is 11.7 Å². The molecule has 0 atom stereocenters. The van der Waals surface area contributed by atoms with E-state index in [9.17, 15) is 18.0 Å². The summed E-state index contributed by atoms with van der Waals surface area (Å²) in [7, 11) is 0. The second kappa shape index (κ2) is 7.28. The summed E-state index contributed by atoms with van der Waals surface area (Å²) in [5.74, 6) is 0. The van der Waals surface area contributed by atoms with Crippen LogP contribution in [-0.2, 0) is 6.18 Å². The third-order valence-corrected chi connectivity index (χ3v) is 3.02. The molecule has 1 saturated carbocycles. The number of hydrogen-bond acceptors (Lipinski definition) is 2. The van der Waals surface area contributed by atoms with Crippen molar-refractivity contribution >= 4 is 6.29 Å². The van der Waals surface area contributed by atoms with Crippen LogP contribution in [0.25, 0.3) is 0 Å². The highest BCUT2D eigenvalue weighted by atomic mass is 19.4. The number of alkyl halides is 3. The zero-order valence-electron chi connectivity index (χ0n) is 10.6. The van der Waals surface area contributed by atoms with Crippen LogP contribution in [0.15, 0.2) is 24.3 Å². The van der Waals surface area contributed by atoms with Crippen LogP contribution in [0.3, 0.4) is 0 Å². The molecule has 0 aliphatic heterocycles. The fourth-order valence-electron chi connectivity index (χ4n) is 1.88. The SMILES string of the molecule is NC1CCCCC1.O=Cc1ccc(C(F)(F)F)cc1. The van der Waals surface area contributed by atoms with Crippen LogP contribution >= 0.6 is 0 Å². The molecule has 0 unspecified atom stereocenters. The van der Waals surface area contributed by atoms with Crippen molar-refractivity contribution in [3.05, 3.63) is 35.4 Å². The normalized spacial score (nSPS) is 16.4. The van der Waals surface area contributed by atoms with E-state index in [1.54, 1.807) is 0 Å². The number of aldehydes is 1. The molecule has 0 aromatic heterocycles. The first-order chi connectivity index (χ1) is 8.93. The lowest BCUT2D eigenvalue weighted by molar-refractivity contribution is -0.137. The maximum absolute atomic E-state index is 11.9. The van der Waals surface area contributed by atoms with Crippen LogP contribution in [0.4, 0.5) is 13.2 Å². The Balaban J connectivity index is 0.000000218. The fourth-order valence-corrected chi connectivity index (χ4v) is 1.88. The Bertz CT molecular complexity index is 381. The molecule has 1 aromatic rings. The van der Waals surface area contributed by atoms with Crippen LogP contribution in [-0.4, -0.2) is 12.3 Å². The molecule has 0 spiro atoms. The van der Waals surface area contributed by atoms with Gasteiger partial charge in [-0.05, 0) is 25.0 Å². The number of carbonyl (C=O) groups is 1. The standard InChI is InChI=1S/C8H5F3O.C6H13N/c9-8(10,11)7-3-1-6(5-12)2-4-7;7-6-4-2-1-3-5-6/h1-5H;6H,1-5,7H2. The summed E-state index contributed by atoms with van der Waals surface area (Å²) < 4.78 is 35.8. The van der Waals surface area contributed by atoms with E-state index in [1.807, 2.05) is 0 Å². The van der Waals surface area contributed by atoms with Crippen molar-refractivity contribution in [3.63, 3.8) is 0 Å². The van der Waals surface area contributed by atoms with Gasteiger partial charge >= 0.3 is 6.18 Å². The second-order valence-electron chi connectivity index (χ2n) is 4.64. The van der Waals surface area contributed by atoms with E-state index >= 15 is 0 Å². The summed E-state index contributed by atoms with van der Waals surface area (Å²) >= 11 is 0. The smallest absolute Gasteiger partial charge is 0.328 e. The number of benzene rings is 1. The summed E-state index contributed by atoms with van der Waals surface area (Å²) in [6.45, 7) is 0. The molecule has 2 N–H and O–H groups in total. The van der Waals surface area contributed by atoms with E-state index in [0.29, 0.717) is 12.3 Å². The second-order valence-corrected chi connectivity index (χ2v) is 4.64. The summed E-state index contributed by atoms with van der Waals surface area (Å²) in [6, 6.07) is 4.56. The van der Waals surface area contributed by atoms with Gasteiger partial charge in [0.2, 0.25) is 0 Å². The summed E-state index contributed by atoms with van der Waals surface area (Å²) in [4.78, 5) is 10.1. The van der Waals surface area contributed by atoms with Crippen molar-refractivity contribution in [1.29, 1.82) is 0 Å². The molecule has 106 valence electrons. The predicted molar refractivity (Wildman–Crippen MR) is 67.9 cm³/mol. The zero-order chi connectivity index (χ0) is 14.3. The van der Waals surface area contributed by atoms with E-state index in [1.165, 1.54) is 32.1 Å². The molecule has 1 fully saturated rings. The summed E-state index contributed by atoms with van der Waals surface area (Å²) in [5.41, 5.74) is 5.13. The lowest BCUT2D eigenvalue weighted by Gasteiger charge is -2.15. The molecule has 0 radical (unpaired) electrons. The van der Waals surface area contributed by atoms with Gasteiger partial charge in [0.25, 0.3) is 0 Å². The molecule has 2 rings (SSSR count). The molecule has 0 amide bonds. The molecule has 0 bridgehead atoms. The highest BCUT2D eigenvalue weighted by molar-refractivity contribution is 5.74. The molecule has 1 aliphatic rings. The van der Waals surface area contributed by atoms with Crippen molar-refractivity contribution in [2.75, 3.05) is 0 Å².